The molecule has 0 aliphatic rings. The maximum absolute atomic E-state index is 6.92. The lowest BCUT2D eigenvalue weighted by atomic mass is 9.85. The fourth-order valence-corrected chi connectivity index (χ4v) is 8.41. The molecule has 0 radical (unpaired) electrons. The highest BCUT2D eigenvalue weighted by atomic mass is 35.5. The summed E-state index contributed by atoms with van der Waals surface area (Å²) in [5.74, 6) is 0. The topological polar surface area (TPSA) is 32.3 Å². The van der Waals surface area contributed by atoms with Gasteiger partial charge in [-0.25, -0.2) is 0 Å². The summed E-state index contributed by atoms with van der Waals surface area (Å²) in [5, 5.41) is 1.27. The number of halogens is 2. The van der Waals surface area contributed by atoms with Crippen molar-refractivity contribution in [2.75, 3.05) is 9.80 Å². The first kappa shape index (κ1) is 40.4. The van der Waals surface area contributed by atoms with E-state index in [1.807, 2.05) is 85.5 Å². The summed E-state index contributed by atoms with van der Waals surface area (Å²) < 4.78 is 0. The molecule has 62 heavy (non-hydrogen) atoms. The number of aromatic nitrogens is 2. The Morgan fingerprint density at radius 1 is 0.355 bits per heavy atom. The Hall–Kier alpha value is -6.98. The van der Waals surface area contributed by atoms with Crippen LogP contribution in [0.15, 0.2) is 213 Å². The van der Waals surface area contributed by atoms with Crippen molar-refractivity contribution in [1.29, 1.82) is 0 Å². The molecule has 0 N–H and O–H groups in total. The summed E-state index contributed by atoms with van der Waals surface area (Å²) in [6.45, 7) is 6.79. The molecule has 4 nitrogen and oxygen atoms in total. The third-order valence-electron chi connectivity index (χ3n) is 11.0. The van der Waals surface area contributed by atoms with E-state index in [0.29, 0.717) is 10.0 Å². The first-order chi connectivity index (χ1) is 30.2. The van der Waals surface area contributed by atoms with Crippen LogP contribution in [0, 0.1) is 0 Å². The van der Waals surface area contributed by atoms with Crippen molar-refractivity contribution in [3.05, 3.63) is 228 Å². The molecule has 2 aromatic heterocycles. The number of benzene rings is 7. The molecule has 0 aliphatic carbocycles. The second-order valence-electron chi connectivity index (χ2n) is 16.2. The van der Waals surface area contributed by atoms with E-state index in [2.05, 4.69) is 158 Å². The molecule has 0 amide bonds. The van der Waals surface area contributed by atoms with Gasteiger partial charge in [0.15, 0.2) is 0 Å². The van der Waals surface area contributed by atoms with Gasteiger partial charge in [0.25, 0.3) is 0 Å². The van der Waals surface area contributed by atoms with Gasteiger partial charge in [0, 0.05) is 79.8 Å². The summed E-state index contributed by atoms with van der Waals surface area (Å²) in [6, 6.07) is 65.0. The molecule has 0 saturated carbocycles. The quantitative estimate of drug-likeness (QED) is 0.137. The summed E-state index contributed by atoms with van der Waals surface area (Å²) in [4.78, 5) is 14.4. The Morgan fingerprint density at radius 2 is 0.677 bits per heavy atom. The minimum absolute atomic E-state index is 0.268. The van der Waals surface area contributed by atoms with Crippen LogP contribution in [0.5, 0.6) is 0 Å². The van der Waals surface area contributed by atoms with Gasteiger partial charge in [0.05, 0.1) is 11.4 Å². The molecule has 0 bridgehead atoms. The van der Waals surface area contributed by atoms with Crippen molar-refractivity contribution < 1.29 is 0 Å². The number of hydrogen-bond acceptors (Lipinski definition) is 4. The van der Waals surface area contributed by atoms with Crippen LogP contribution in [0.25, 0.3) is 44.5 Å². The van der Waals surface area contributed by atoms with E-state index in [9.17, 15) is 0 Å². The van der Waals surface area contributed by atoms with E-state index in [1.165, 1.54) is 0 Å². The summed E-state index contributed by atoms with van der Waals surface area (Å²) in [5.41, 5.74) is 14.6. The molecular formula is C56H44Cl2N4. The van der Waals surface area contributed by atoms with Crippen LogP contribution in [-0.4, -0.2) is 9.97 Å². The van der Waals surface area contributed by atoms with Crippen molar-refractivity contribution in [2.45, 2.75) is 26.2 Å². The normalized spacial score (nSPS) is 11.3. The number of hydrogen-bond donors (Lipinski definition) is 0. The molecule has 9 rings (SSSR count). The molecule has 0 unspecified atom stereocenters. The van der Waals surface area contributed by atoms with E-state index in [1.54, 1.807) is 0 Å². The van der Waals surface area contributed by atoms with Gasteiger partial charge in [0.1, 0.15) is 0 Å². The number of nitrogens with zero attached hydrogens (tertiary/aromatic N) is 4. The number of rotatable bonds is 10. The molecule has 6 heteroatoms. The molecule has 2 heterocycles. The molecule has 0 atom stereocenters. The zero-order valence-electron chi connectivity index (χ0n) is 34.8. The van der Waals surface area contributed by atoms with Gasteiger partial charge in [-0.15, -0.1) is 0 Å². The Morgan fingerprint density at radius 3 is 0.968 bits per heavy atom. The van der Waals surface area contributed by atoms with E-state index in [-0.39, 0.29) is 5.41 Å². The lowest BCUT2D eigenvalue weighted by Gasteiger charge is -2.35. The van der Waals surface area contributed by atoms with Crippen molar-refractivity contribution in [1.82, 2.24) is 9.97 Å². The second kappa shape index (κ2) is 17.6. The minimum Gasteiger partial charge on any atom is -0.309 e. The summed E-state index contributed by atoms with van der Waals surface area (Å²) >= 11 is 13.8. The predicted molar refractivity (Wildman–Crippen MR) is 262 cm³/mol. The molecule has 9 aromatic rings. The lowest BCUT2D eigenvalue weighted by molar-refractivity contribution is 0.590. The SMILES string of the molecule is CC(C)(C)c1cc(N(c2cccc(Cl)c2)c2c(-c3ccccc3)cncc2-c2ccccc2)cc(N(c2cccc(Cl)c2)c2c(-c3ccccc3)cncc2-c2ccccc2)c1. The predicted octanol–water partition coefficient (Wildman–Crippen LogP) is 16.7. The van der Waals surface area contributed by atoms with E-state index < -0.39 is 0 Å². The largest absolute Gasteiger partial charge is 0.309 e. The second-order valence-corrected chi connectivity index (χ2v) is 17.1. The first-order valence-corrected chi connectivity index (χ1v) is 21.4. The van der Waals surface area contributed by atoms with Crippen molar-refractivity contribution in [3.63, 3.8) is 0 Å². The molecular weight excluding hydrogens is 800 g/mol. The maximum atomic E-state index is 6.92. The average Bonchev–Trinajstić information content (AvgIpc) is 3.30. The van der Waals surface area contributed by atoms with Crippen molar-refractivity contribution in [2.24, 2.45) is 0 Å². The highest BCUT2D eigenvalue weighted by molar-refractivity contribution is 6.31. The average molecular weight is 844 g/mol. The van der Waals surface area contributed by atoms with E-state index in [4.69, 9.17) is 33.2 Å². The zero-order valence-corrected chi connectivity index (χ0v) is 36.3. The van der Waals surface area contributed by atoms with Gasteiger partial charge in [-0.1, -0.05) is 177 Å². The van der Waals surface area contributed by atoms with Crippen molar-refractivity contribution >= 4 is 57.3 Å². The van der Waals surface area contributed by atoms with Gasteiger partial charge >= 0.3 is 0 Å². The molecule has 7 aromatic carbocycles. The van der Waals surface area contributed by atoms with Crippen LogP contribution < -0.4 is 9.80 Å². The van der Waals surface area contributed by atoms with Gasteiger partial charge in [0.2, 0.25) is 0 Å². The molecule has 302 valence electrons. The van der Waals surface area contributed by atoms with Gasteiger partial charge in [-0.05, 0) is 87.8 Å². The summed E-state index contributed by atoms with van der Waals surface area (Å²) in [7, 11) is 0. The Kier molecular flexibility index (Phi) is 11.4. The number of pyridine rings is 2. The Balaban J connectivity index is 1.41. The van der Waals surface area contributed by atoms with Crippen LogP contribution >= 0.6 is 23.2 Å². The maximum Gasteiger partial charge on any atom is 0.0649 e. The minimum atomic E-state index is -0.268. The molecule has 0 saturated heterocycles. The highest BCUT2D eigenvalue weighted by Crippen LogP contribution is 2.51. The Bertz CT molecular complexity index is 2660. The van der Waals surface area contributed by atoms with Gasteiger partial charge in [-0.3, -0.25) is 9.97 Å². The van der Waals surface area contributed by atoms with Crippen LogP contribution in [0.4, 0.5) is 34.1 Å². The third-order valence-corrected chi connectivity index (χ3v) is 11.5. The fraction of sp³-hybridized carbons (Fsp3) is 0.0714. The molecule has 0 aliphatic heterocycles. The summed E-state index contributed by atoms with van der Waals surface area (Å²) in [6.07, 6.45) is 7.88. The zero-order chi connectivity index (χ0) is 42.6. The molecule has 0 spiro atoms. The van der Waals surface area contributed by atoms with Gasteiger partial charge in [-0.2, -0.15) is 0 Å². The first-order valence-electron chi connectivity index (χ1n) is 20.7. The smallest absolute Gasteiger partial charge is 0.0649 e. The number of anilines is 6. The van der Waals surface area contributed by atoms with E-state index in [0.717, 1.165) is 84.2 Å². The van der Waals surface area contributed by atoms with Crippen molar-refractivity contribution in [3.8, 4) is 44.5 Å². The highest BCUT2D eigenvalue weighted by Gasteiger charge is 2.29. The van der Waals surface area contributed by atoms with Crippen LogP contribution in [0.1, 0.15) is 26.3 Å². The molecule has 0 fully saturated rings. The Labute approximate surface area is 374 Å². The van der Waals surface area contributed by atoms with Crippen LogP contribution in [0.3, 0.4) is 0 Å². The van der Waals surface area contributed by atoms with Crippen LogP contribution in [0.2, 0.25) is 10.0 Å². The lowest BCUT2D eigenvalue weighted by Crippen LogP contribution is -2.19. The monoisotopic (exact) mass is 842 g/mol. The van der Waals surface area contributed by atoms with E-state index >= 15 is 0 Å². The standard InChI is InChI=1S/C56H44Cl2N4/c1-56(2,3)43-30-48(61(46-28-16-26-44(57)32-46)54-50(39-18-8-4-9-19-39)35-59-36-51(54)40-20-10-5-11-21-40)34-49(31-43)62(47-29-17-27-45(58)33-47)55-52(41-22-12-6-13-23-41)37-60-38-53(55)42-24-14-7-15-25-42/h4-38H,1-3H3. The van der Waals surface area contributed by atoms with Crippen LogP contribution in [-0.2, 0) is 5.41 Å². The fourth-order valence-electron chi connectivity index (χ4n) is 8.04. The van der Waals surface area contributed by atoms with Gasteiger partial charge < -0.3 is 9.80 Å². The third kappa shape index (κ3) is 8.36.